The number of fused-ring (bicyclic) bond motifs is 1. The molecule has 0 aromatic heterocycles. The summed E-state index contributed by atoms with van der Waals surface area (Å²) >= 11 is 0. The van der Waals surface area contributed by atoms with Crippen LogP contribution in [-0.2, 0) is 4.74 Å². The summed E-state index contributed by atoms with van der Waals surface area (Å²) in [5.41, 5.74) is -0.316. The molecule has 0 unspecified atom stereocenters. The highest BCUT2D eigenvalue weighted by Crippen LogP contribution is 2.36. The Labute approximate surface area is 181 Å². The molecule has 0 bridgehead atoms. The molecule has 3 heterocycles. The number of hydrogen-bond acceptors (Lipinski definition) is 4. The van der Waals surface area contributed by atoms with Crippen molar-refractivity contribution in [1.82, 2.24) is 20.0 Å². The molecule has 170 valence electrons. The monoisotopic (exact) mass is 420 g/mol. The van der Waals surface area contributed by atoms with E-state index >= 15 is 0 Å². The first-order valence-corrected chi connectivity index (χ1v) is 12.0. The number of ether oxygens (including phenoxy) is 1. The fraction of sp³-hybridized carbons (Fsp3) is 0.913. The van der Waals surface area contributed by atoms with Gasteiger partial charge in [-0.2, -0.15) is 0 Å². The van der Waals surface area contributed by atoms with E-state index < -0.39 is 5.60 Å². The maximum absolute atomic E-state index is 12.6. The number of piperidine rings is 2. The molecule has 0 spiro atoms. The maximum Gasteiger partial charge on any atom is 0.410 e. The summed E-state index contributed by atoms with van der Waals surface area (Å²) in [6, 6.07) is 1.33. The molecule has 2 atom stereocenters. The van der Waals surface area contributed by atoms with Gasteiger partial charge in [0.1, 0.15) is 5.60 Å². The maximum atomic E-state index is 12.6. The first-order chi connectivity index (χ1) is 14.2. The summed E-state index contributed by atoms with van der Waals surface area (Å²) in [6.07, 6.45) is 8.66. The van der Waals surface area contributed by atoms with Crippen LogP contribution in [0.4, 0.5) is 9.59 Å². The van der Waals surface area contributed by atoms with Gasteiger partial charge in [-0.3, -0.25) is 4.90 Å². The van der Waals surface area contributed by atoms with Gasteiger partial charge in [0.15, 0.2) is 0 Å². The normalized spacial score (nSPS) is 30.7. The highest BCUT2D eigenvalue weighted by molar-refractivity contribution is 5.78. The molecule has 30 heavy (non-hydrogen) atoms. The van der Waals surface area contributed by atoms with E-state index in [1.165, 1.54) is 12.8 Å². The molecule has 1 N–H and O–H groups in total. The predicted octanol–water partition coefficient (Wildman–Crippen LogP) is 3.58. The van der Waals surface area contributed by atoms with Crippen molar-refractivity contribution < 1.29 is 14.3 Å². The molecular weight excluding hydrogens is 380 g/mol. The second kappa shape index (κ2) is 8.21. The number of carbonyl (C=O) groups is 2. The van der Waals surface area contributed by atoms with Crippen molar-refractivity contribution in [3.63, 3.8) is 0 Å². The third-order valence-corrected chi connectivity index (χ3v) is 7.74. The van der Waals surface area contributed by atoms with Crippen molar-refractivity contribution in [2.24, 2.45) is 0 Å². The van der Waals surface area contributed by atoms with E-state index in [0.717, 1.165) is 64.7 Å². The van der Waals surface area contributed by atoms with Gasteiger partial charge in [-0.25, -0.2) is 9.59 Å². The van der Waals surface area contributed by atoms with Gasteiger partial charge in [0.25, 0.3) is 0 Å². The van der Waals surface area contributed by atoms with Crippen LogP contribution >= 0.6 is 0 Å². The van der Waals surface area contributed by atoms with E-state index in [1.54, 1.807) is 0 Å². The van der Waals surface area contributed by atoms with Gasteiger partial charge >= 0.3 is 12.1 Å². The minimum atomic E-state index is -0.446. The standard InChI is InChI=1S/C23H40N4O3/c1-22(2,3)30-21(29)25-15-11-23(4,12-16-25)26-13-9-17(10-14-26)27-19-8-6-5-7-18(19)24-20(27)28/h17-19H,5-16H2,1-4H3,(H,24,28)/t18-,19+/m0/s1. The molecule has 7 heteroatoms. The van der Waals surface area contributed by atoms with Crippen LogP contribution in [0, 0.1) is 0 Å². The Bertz CT molecular complexity index is 645. The number of urea groups is 1. The summed E-state index contributed by atoms with van der Waals surface area (Å²) < 4.78 is 5.55. The van der Waals surface area contributed by atoms with Crippen molar-refractivity contribution in [2.45, 2.75) is 108 Å². The minimum absolute atomic E-state index is 0.129. The molecule has 4 aliphatic rings. The molecule has 4 rings (SSSR count). The topological polar surface area (TPSA) is 65.1 Å². The largest absolute Gasteiger partial charge is 0.444 e. The summed E-state index contributed by atoms with van der Waals surface area (Å²) in [4.78, 5) is 31.7. The number of carbonyl (C=O) groups excluding carboxylic acids is 2. The average molecular weight is 421 g/mol. The number of nitrogens with zero attached hydrogens (tertiary/aromatic N) is 3. The van der Waals surface area contributed by atoms with Crippen LogP contribution in [0.1, 0.15) is 79.1 Å². The van der Waals surface area contributed by atoms with Gasteiger partial charge in [-0.1, -0.05) is 12.8 Å². The van der Waals surface area contributed by atoms with E-state index in [-0.39, 0.29) is 17.7 Å². The van der Waals surface area contributed by atoms with Crippen LogP contribution in [0.5, 0.6) is 0 Å². The van der Waals surface area contributed by atoms with Crippen LogP contribution in [0.2, 0.25) is 0 Å². The minimum Gasteiger partial charge on any atom is -0.444 e. The molecule has 7 nitrogen and oxygen atoms in total. The molecular formula is C23H40N4O3. The fourth-order valence-corrected chi connectivity index (χ4v) is 5.93. The summed E-state index contributed by atoms with van der Waals surface area (Å²) in [6.45, 7) is 11.7. The lowest BCUT2D eigenvalue weighted by Crippen LogP contribution is -2.59. The van der Waals surface area contributed by atoms with Crippen molar-refractivity contribution in [3.8, 4) is 0 Å². The van der Waals surface area contributed by atoms with Crippen LogP contribution in [0.15, 0.2) is 0 Å². The fourth-order valence-electron chi connectivity index (χ4n) is 5.93. The number of likely N-dealkylation sites (tertiary alicyclic amines) is 2. The van der Waals surface area contributed by atoms with Crippen LogP contribution in [0.3, 0.4) is 0 Å². The number of nitrogens with one attached hydrogen (secondary N) is 1. The Morgan fingerprint density at radius 2 is 1.67 bits per heavy atom. The Balaban J connectivity index is 1.29. The molecule has 3 aliphatic heterocycles. The Kier molecular flexibility index (Phi) is 5.94. The van der Waals surface area contributed by atoms with Gasteiger partial charge < -0.3 is 19.9 Å². The lowest BCUT2D eigenvalue weighted by molar-refractivity contribution is -0.0141. The summed E-state index contributed by atoms with van der Waals surface area (Å²) in [5, 5.41) is 3.24. The van der Waals surface area contributed by atoms with Crippen LogP contribution in [0.25, 0.3) is 0 Å². The van der Waals surface area contributed by atoms with Gasteiger partial charge in [0, 0.05) is 37.8 Å². The average Bonchev–Trinajstić information content (AvgIpc) is 3.03. The van der Waals surface area contributed by atoms with Crippen molar-refractivity contribution in [1.29, 1.82) is 0 Å². The molecule has 1 saturated carbocycles. The van der Waals surface area contributed by atoms with E-state index in [9.17, 15) is 9.59 Å². The first kappa shape index (κ1) is 21.7. The second-order valence-corrected chi connectivity index (χ2v) is 11.0. The van der Waals surface area contributed by atoms with Crippen molar-refractivity contribution in [3.05, 3.63) is 0 Å². The molecule has 0 radical (unpaired) electrons. The number of hydrogen-bond donors (Lipinski definition) is 1. The first-order valence-electron chi connectivity index (χ1n) is 12.0. The van der Waals surface area contributed by atoms with Crippen LogP contribution < -0.4 is 5.32 Å². The molecule has 1 aliphatic carbocycles. The van der Waals surface area contributed by atoms with Crippen molar-refractivity contribution in [2.75, 3.05) is 26.2 Å². The lowest BCUT2D eigenvalue weighted by Gasteiger charge is -2.50. The van der Waals surface area contributed by atoms with E-state index in [0.29, 0.717) is 18.1 Å². The molecule has 3 saturated heterocycles. The lowest BCUT2D eigenvalue weighted by atomic mass is 9.85. The van der Waals surface area contributed by atoms with Crippen molar-refractivity contribution >= 4 is 12.1 Å². The third kappa shape index (κ3) is 4.41. The number of amides is 3. The van der Waals surface area contributed by atoms with E-state index in [2.05, 4.69) is 22.0 Å². The van der Waals surface area contributed by atoms with Gasteiger partial charge in [-0.15, -0.1) is 0 Å². The summed E-state index contributed by atoms with van der Waals surface area (Å²) in [7, 11) is 0. The quantitative estimate of drug-likeness (QED) is 0.742. The molecule has 0 aromatic carbocycles. The molecule has 3 amide bonds. The van der Waals surface area contributed by atoms with Gasteiger partial charge in [0.05, 0.1) is 12.1 Å². The van der Waals surface area contributed by atoms with Gasteiger partial charge in [-0.05, 0) is 66.2 Å². The third-order valence-electron chi connectivity index (χ3n) is 7.74. The molecule has 4 fully saturated rings. The van der Waals surface area contributed by atoms with E-state index in [1.807, 2.05) is 25.7 Å². The van der Waals surface area contributed by atoms with Gasteiger partial charge in [0.2, 0.25) is 0 Å². The summed E-state index contributed by atoms with van der Waals surface area (Å²) in [5.74, 6) is 0. The zero-order valence-electron chi connectivity index (χ0n) is 19.3. The zero-order chi connectivity index (χ0) is 21.5. The highest BCUT2D eigenvalue weighted by Gasteiger charge is 2.46. The SMILES string of the molecule is CC(C)(C)OC(=O)N1CCC(C)(N2CCC(N3C(=O)N[C@H]4CCCC[C@H]43)CC2)CC1. The second-order valence-electron chi connectivity index (χ2n) is 11.0. The smallest absolute Gasteiger partial charge is 0.410 e. The predicted molar refractivity (Wildman–Crippen MR) is 116 cm³/mol. The Morgan fingerprint density at radius 1 is 1.03 bits per heavy atom. The Morgan fingerprint density at radius 3 is 2.30 bits per heavy atom. The van der Waals surface area contributed by atoms with E-state index in [4.69, 9.17) is 4.74 Å². The number of rotatable bonds is 2. The Hall–Kier alpha value is -1.50. The molecule has 0 aromatic rings. The zero-order valence-corrected chi connectivity index (χ0v) is 19.3. The highest BCUT2D eigenvalue weighted by atomic mass is 16.6. The van der Waals surface area contributed by atoms with Crippen LogP contribution in [-0.4, -0.2) is 82.3 Å².